The first-order valence-electron chi connectivity index (χ1n) is 7.58. The standard InChI is InChI=1S/C19H17N5/c1-20-15-5-9-17(10-6-15)23-24-18-11-7-16(8-12-18)22-14-19-4-2-3-13-21-19/h2-14,20H,1H3. The minimum absolute atomic E-state index is 0.782. The first kappa shape index (κ1) is 15.6. The molecule has 0 bridgehead atoms. The van der Waals surface area contributed by atoms with Gasteiger partial charge in [0.1, 0.15) is 0 Å². The van der Waals surface area contributed by atoms with Gasteiger partial charge in [-0.2, -0.15) is 10.2 Å². The zero-order chi connectivity index (χ0) is 16.6. The number of benzene rings is 2. The molecule has 5 heteroatoms. The van der Waals surface area contributed by atoms with E-state index in [4.69, 9.17) is 0 Å². The summed E-state index contributed by atoms with van der Waals surface area (Å²) in [4.78, 5) is 8.59. The van der Waals surface area contributed by atoms with Crippen molar-refractivity contribution in [1.82, 2.24) is 4.98 Å². The predicted molar refractivity (Wildman–Crippen MR) is 98.1 cm³/mol. The molecule has 3 aromatic rings. The van der Waals surface area contributed by atoms with E-state index < -0.39 is 0 Å². The average molecular weight is 315 g/mol. The summed E-state index contributed by atoms with van der Waals surface area (Å²) in [5.41, 5.74) is 4.31. The van der Waals surface area contributed by atoms with Gasteiger partial charge in [-0.3, -0.25) is 9.98 Å². The van der Waals surface area contributed by atoms with E-state index >= 15 is 0 Å². The number of anilines is 1. The number of hydrogen-bond acceptors (Lipinski definition) is 5. The Kier molecular flexibility index (Phi) is 5.04. The van der Waals surface area contributed by atoms with Crippen molar-refractivity contribution in [3.05, 3.63) is 78.6 Å². The third-order valence-electron chi connectivity index (χ3n) is 3.32. The molecule has 5 nitrogen and oxygen atoms in total. The van der Waals surface area contributed by atoms with E-state index in [1.165, 1.54) is 0 Å². The third kappa shape index (κ3) is 4.33. The number of aliphatic imine (C=N–C) groups is 1. The topological polar surface area (TPSA) is 62.0 Å². The van der Waals surface area contributed by atoms with Gasteiger partial charge in [-0.15, -0.1) is 0 Å². The van der Waals surface area contributed by atoms with Gasteiger partial charge in [0, 0.05) is 18.9 Å². The monoisotopic (exact) mass is 315 g/mol. The highest BCUT2D eigenvalue weighted by molar-refractivity contribution is 5.79. The summed E-state index contributed by atoms with van der Waals surface area (Å²) in [6.45, 7) is 0. The Hall–Kier alpha value is -3.34. The van der Waals surface area contributed by atoms with Gasteiger partial charge < -0.3 is 5.32 Å². The van der Waals surface area contributed by atoms with Gasteiger partial charge in [0.2, 0.25) is 0 Å². The molecule has 0 spiro atoms. The zero-order valence-electron chi connectivity index (χ0n) is 13.3. The maximum Gasteiger partial charge on any atom is 0.0858 e. The Morgan fingerprint density at radius 2 is 1.42 bits per heavy atom. The molecule has 0 aliphatic heterocycles. The fraction of sp³-hybridized carbons (Fsp3) is 0.0526. The fourth-order valence-corrected chi connectivity index (χ4v) is 2.01. The van der Waals surface area contributed by atoms with Gasteiger partial charge >= 0.3 is 0 Å². The van der Waals surface area contributed by atoms with Crippen molar-refractivity contribution >= 4 is 29.0 Å². The Labute approximate surface area is 140 Å². The number of pyridine rings is 1. The van der Waals surface area contributed by atoms with Crippen LogP contribution in [0.3, 0.4) is 0 Å². The zero-order valence-corrected chi connectivity index (χ0v) is 13.3. The molecule has 0 atom stereocenters. The van der Waals surface area contributed by atoms with E-state index in [2.05, 4.69) is 25.5 Å². The number of rotatable bonds is 5. The van der Waals surface area contributed by atoms with Crippen LogP contribution in [-0.2, 0) is 0 Å². The van der Waals surface area contributed by atoms with E-state index in [1.807, 2.05) is 73.8 Å². The molecule has 3 rings (SSSR count). The normalized spacial score (nSPS) is 11.2. The van der Waals surface area contributed by atoms with Crippen molar-refractivity contribution in [2.24, 2.45) is 15.2 Å². The lowest BCUT2D eigenvalue weighted by molar-refractivity contribution is 1.23. The van der Waals surface area contributed by atoms with Crippen LogP contribution in [0.1, 0.15) is 5.69 Å². The molecular weight excluding hydrogens is 298 g/mol. The molecule has 1 aromatic heterocycles. The van der Waals surface area contributed by atoms with Gasteiger partial charge in [0.15, 0.2) is 0 Å². The van der Waals surface area contributed by atoms with Gasteiger partial charge in [-0.05, 0) is 60.7 Å². The van der Waals surface area contributed by atoms with Crippen LogP contribution in [0.4, 0.5) is 22.7 Å². The molecule has 0 radical (unpaired) electrons. The van der Waals surface area contributed by atoms with Crippen LogP contribution in [0.25, 0.3) is 0 Å². The number of nitrogens with one attached hydrogen (secondary N) is 1. The van der Waals surface area contributed by atoms with Crippen LogP contribution in [0.15, 0.2) is 88.1 Å². The molecule has 0 saturated heterocycles. The highest BCUT2D eigenvalue weighted by Gasteiger charge is 1.94. The first-order valence-corrected chi connectivity index (χ1v) is 7.58. The minimum Gasteiger partial charge on any atom is -0.388 e. The summed E-state index contributed by atoms with van der Waals surface area (Å²) in [5.74, 6) is 0. The van der Waals surface area contributed by atoms with Crippen molar-refractivity contribution in [2.75, 3.05) is 12.4 Å². The highest BCUT2D eigenvalue weighted by atomic mass is 15.1. The van der Waals surface area contributed by atoms with Crippen molar-refractivity contribution in [3.8, 4) is 0 Å². The average Bonchev–Trinajstić information content (AvgIpc) is 2.67. The number of azo groups is 1. The van der Waals surface area contributed by atoms with Crippen LogP contribution in [0.5, 0.6) is 0 Å². The second-order valence-corrected chi connectivity index (χ2v) is 5.03. The number of hydrogen-bond donors (Lipinski definition) is 1. The summed E-state index contributed by atoms with van der Waals surface area (Å²) in [6.07, 6.45) is 3.48. The molecule has 0 aliphatic rings. The molecular formula is C19H17N5. The maximum atomic E-state index is 4.39. The van der Waals surface area contributed by atoms with Crippen molar-refractivity contribution < 1.29 is 0 Å². The fourth-order valence-electron chi connectivity index (χ4n) is 2.01. The van der Waals surface area contributed by atoms with Crippen LogP contribution < -0.4 is 5.32 Å². The summed E-state index contributed by atoms with van der Waals surface area (Å²) < 4.78 is 0. The van der Waals surface area contributed by atoms with Crippen molar-refractivity contribution in [1.29, 1.82) is 0 Å². The Morgan fingerprint density at radius 1 is 0.792 bits per heavy atom. The summed E-state index contributed by atoms with van der Waals surface area (Å²) in [7, 11) is 1.88. The Bertz CT molecular complexity index is 822. The molecule has 1 heterocycles. The molecule has 2 aromatic carbocycles. The first-order chi connectivity index (χ1) is 11.8. The molecule has 0 unspecified atom stereocenters. The van der Waals surface area contributed by atoms with Gasteiger partial charge in [-0.25, -0.2) is 0 Å². The van der Waals surface area contributed by atoms with E-state index in [1.54, 1.807) is 12.4 Å². The molecule has 0 fully saturated rings. The minimum atomic E-state index is 0.782. The van der Waals surface area contributed by atoms with Crippen LogP contribution in [0, 0.1) is 0 Å². The van der Waals surface area contributed by atoms with E-state index in [0.29, 0.717) is 0 Å². The van der Waals surface area contributed by atoms with E-state index in [0.717, 1.165) is 28.4 Å². The second-order valence-electron chi connectivity index (χ2n) is 5.03. The molecule has 24 heavy (non-hydrogen) atoms. The lowest BCUT2D eigenvalue weighted by atomic mass is 10.3. The largest absolute Gasteiger partial charge is 0.388 e. The molecule has 1 N–H and O–H groups in total. The Morgan fingerprint density at radius 3 is 2.00 bits per heavy atom. The van der Waals surface area contributed by atoms with Crippen LogP contribution >= 0.6 is 0 Å². The molecule has 0 aliphatic carbocycles. The lowest BCUT2D eigenvalue weighted by Gasteiger charge is -1.99. The van der Waals surface area contributed by atoms with E-state index in [-0.39, 0.29) is 0 Å². The van der Waals surface area contributed by atoms with Crippen LogP contribution in [-0.4, -0.2) is 18.2 Å². The molecule has 0 saturated carbocycles. The van der Waals surface area contributed by atoms with Crippen LogP contribution in [0.2, 0.25) is 0 Å². The summed E-state index contributed by atoms with van der Waals surface area (Å²) >= 11 is 0. The van der Waals surface area contributed by atoms with Gasteiger partial charge in [0.05, 0.1) is 29.0 Å². The molecule has 0 amide bonds. The SMILES string of the molecule is CNc1ccc(N=Nc2ccc(N=Cc3ccccn3)cc2)cc1. The summed E-state index contributed by atoms with van der Waals surface area (Å²) in [6, 6.07) is 21.0. The second kappa shape index (κ2) is 7.78. The maximum absolute atomic E-state index is 4.39. The van der Waals surface area contributed by atoms with Gasteiger partial charge in [0.25, 0.3) is 0 Å². The van der Waals surface area contributed by atoms with Gasteiger partial charge in [-0.1, -0.05) is 6.07 Å². The number of aromatic nitrogens is 1. The van der Waals surface area contributed by atoms with Crippen molar-refractivity contribution in [2.45, 2.75) is 0 Å². The highest BCUT2D eigenvalue weighted by Crippen LogP contribution is 2.22. The summed E-state index contributed by atoms with van der Waals surface area (Å²) in [5, 5.41) is 11.5. The Balaban J connectivity index is 1.65. The van der Waals surface area contributed by atoms with E-state index in [9.17, 15) is 0 Å². The lowest BCUT2D eigenvalue weighted by Crippen LogP contribution is -1.85. The van der Waals surface area contributed by atoms with Crippen molar-refractivity contribution in [3.63, 3.8) is 0 Å². The predicted octanol–water partition coefficient (Wildman–Crippen LogP) is 5.29. The third-order valence-corrected chi connectivity index (χ3v) is 3.32. The quantitative estimate of drug-likeness (QED) is 0.513. The molecule has 118 valence electrons. The number of nitrogens with zero attached hydrogens (tertiary/aromatic N) is 4. The smallest absolute Gasteiger partial charge is 0.0858 e.